The lowest BCUT2D eigenvalue weighted by Gasteiger charge is -2.09. The highest BCUT2D eigenvalue weighted by atomic mass is 35.5. The van der Waals surface area contributed by atoms with E-state index in [4.69, 9.17) is 16.3 Å². The third-order valence-corrected chi connectivity index (χ3v) is 2.30. The second-order valence-corrected chi connectivity index (χ2v) is 3.71. The number of rotatable bonds is 5. The number of hydrogen-bond acceptors (Lipinski definition) is 3. The Morgan fingerprint density at radius 3 is 2.88 bits per heavy atom. The lowest BCUT2D eigenvalue weighted by atomic mass is 10.2. The zero-order chi connectivity index (χ0) is 12.8. The number of carbonyl (C=O) groups excluding carboxylic acids is 1. The van der Waals surface area contributed by atoms with Crippen LogP contribution in [0.4, 0.5) is 10.1 Å². The second-order valence-electron chi connectivity index (χ2n) is 3.30. The van der Waals surface area contributed by atoms with E-state index in [1.54, 1.807) is 6.92 Å². The fraction of sp³-hybridized carbons (Fsp3) is 0.250. The first-order chi connectivity index (χ1) is 8.04. The van der Waals surface area contributed by atoms with Gasteiger partial charge in [-0.05, 0) is 25.1 Å². The molecule has 0 bridgehead atoms. The Bertz CT molecular complexity index is 435. The fourth-order valence-electron chi connectivity index (χ4n) is 1.14. The van der Waals surface area contributed by atoms with Crippen molar-refractivity contribution in [2.75, 3.05) is 18.5 Å². The standard InChI is InChI=1S/C12H13ClFNO2/c1-3-17-12(16)8(2)7-15-11-5-4-9(14)6-10(11)13/h4-6,15H,2-3,7H2,1H3. The van der Waals surface area contributed by atoms with Gasteiger partial charge in [-0.1, -0.05) is 18.2 Å². The number of nitrogens with one attached hydrogen (secondary N) is 1. The van der Waals surface area contributed by atoms with Crippen LogP contribution in [0, 0.1) is 5.82 Å². The average molecular weight is 258 g/mol. The Morgan fingerprint density at radius 1 is 1.59 bits per heavy atom. The quantitative estimate of drug-likeness (QED) is 0.651. The number of ether oxygens (including phenoxy) is 1. The molecule has 0 saturated heterocycles. The maximum Gasteiger partial charge on any atom is 0.335 e. The highest BCUT2D eigenvalue weighted by Gasteiger charge is 2.08. The molecule has 1 N–H and O–H groups in total. The van der Waals surface area contributed by atoms with Gasteiger partial charge in [-0.3, -0.25) is 0 Å². The van der Waals surface area contributed by atoms with Crippen molar-refractivity contribution >= 4 is 23.3 Å². The fourth-order valence-corrected chi connectivity index (χ4v) is 1.37. The smallest absolute Gasteiger partial charge is 0.335 e. The SMILES string of the molecule is C=C(CNc1ccc(F)cc1Cl)C(=O)OCC. The summed E-state index contributed by atoms with van der Waals surface area (Å²) in [6.45, 7) is 5.80. The van der Waals surface area contributed by atoms with Gasteiger partial charge in [0.2, 0.25) is 0 Å². The van der Waals surface area contributed by atoms with Crippen molar-refractivity contribution in [2.45, 2.75) is 6.92 Å². The molecule has 0 amide bonds. The molecule has 0 fully saturated rings. The van der Waals surface area contributed by atoms with Crippen LogP contribution >= 0.6 is 11.6 Å². The Hall–Kier alpha value is -1.55. The first-order valence-electron chi connectivity index (χ1n) is 5.08. The van der Waals surface area contributed by atoms with Crippen molar-refractivity contribution in [1.82, 2.24) is 0 Å². The van der Waals surface area contributed by atoms with Gasteiger partial charge in [0.15, 0.2) is 0 Å². The van der Waals surface area contributed by atoms with E-state index in [-0.39, 0.29) is 17.1 Å². The lowest BCUT2D eigenvalue weighted by Crippen LogP contribution is -2.14. The molecule has 0 unspecified atom stereocenters. The van der Waals surface area contributed by atoms with Crippen molar-refractivity contribution in [3.05, 3.63) is 41.2 Å². The van der Waals surface area contributed by atoms with E-state index in [1.807, 2.05) is 0 Å². The first kappa shape index (κ1) is 13.5. The molecule has 0 aliphatic rings. The molecule has 1 rings (SSSR count). The molecule has 92 valence electrons. The molecule has 0 atom stereocenters. The van der Waals surface area contributed by atoms with Crippen molar-refractivity contribution < 1.29 is 13.9 Å². The predicted molar refractivity (Wildman–Crippen MR) is 65.7 cm³/mol. The van der Waals surface area contributed by atoms with Crippen molar-refractivity contribution in [1.29, 1.82) is 0 Å². The molecule has 1 aromatic carbocycles. The van der Waals surface area contributed by atoms with Crippen LogP contribution in [0.2, 0.25) is 5.02 Å². The van der Waals surface area contributed by atoms with Gasteiger partial charge in [-0.2, -0.15) is 0 Å². The number of benzene rings is 1. The maximum atomic E-state index is 12.8. The van der Waals surface area contributed by atoms with E-state index in [9.17, 15) is 9.18 Å². The Labute approximate surface area is 104 Å². The normalized spacial score (nSPS) is 9.82. The molecule has 0 aromatic heterocycles. The Kier molecular flexibility index (Phi) is 4.97. The Morgan fingerprint density at radius 2 is 2.29 bits per heavy atom. The molecule has 0 radical (unpaired) electrons. The maximum absolute atomic E-state index is 12.8. The molecule has 0 saturated carbocycles. The van der Waals surface area contributed by atoms with Crippen LogP contribution < -0.4 is 5.32 Å². The molecular formula is C12H13ClFNO2. The topological polar surface area (TPSA) is 38.3 Å². The van der Waals surface area contributed by atoms with Crippen LogP contribution in [0.3, 0.4) is 0 Å². The van der Waals surface area contributed by atoms with E-state index >= 15 is 0 Å². The molecule has 0 spiro atoms. The minimum absolute atomic E-state index is 0.199. The monoisotopic (exact) mass is 257 g/mol. The number of anilines is 1. The highest BCUT2D eigenvalue weighted by Crippen LogP contribution is 2.22. The van der Waals surface area contributed by atoms with Crippen LogP contribution in [0.1, 0.15) is 6.92 Å². The zero-order valence-corrected chi connectivity index (χ0v) is 10.2. The summed E-state index contributed by atoms with van der Waals surface area (Å²) < 4.78 is 17.5. The van der Waals surface area contributed by atoms with Crippen LogP contribution in [0.15, 0.2) is 30.4 Å². The largest absolute Gasteiger partial charge is 0.463 e. The summed E-state index contributed by atoms with van der Waals surface area (Å²) in [5.74, 6) is -0.872. The van der Waals surface area contributed by atoms with Crippen LogP contribution in [0.5, 0.6) is 0 Å². The van der Waals surface area contributed by atoms with Gasteiger partial charge in [0.05, 0.1) is 17.3 Å². The van der Waals surface area contributed by atoms with E-state index in [0.717, 1.165) is 0 Å². The third-order valence-electron chi connectivity index (χ3n) is 1.99. The van der Waals surface area contributed by atoms with E-state index in [0.29, 0.717) is 12.3 Å². The molecule has 0 heterocycles. The Balaban J connectivity index is 2.56. The summed E-state index contributed by atoms with van der Waals surface area (Å²) in [6.07, 6.45) is 0. The number of carbonyl (C=O) groups is 1. The van der Waals surface area contributed by atoms with Crippen molar-refractivity contribution in [3.8, 4) is 0 Å². The highest BCUT2D eigenvalue weighted by molar-refractivity contribution is 6.33. The minimum Gasteiger partial charge on any atom is -0.463 e. The van der Waals surface area contributed by atoms with Crippen LogP contribution in [0.25, 0.3) is 0 Å². The summed E-state index contributed by atoms with van der Waals surface area (Å²) >= 11 is 5.81. The summed E-state index contributed by atoms with van der Waals surface area (Å²) in [7, 11) is 0. The molecule has 1 aromatic rings. The van der Waals surface area contributed by atoms with Gasteiger partial charge in [-0.25, -0.2) is 9.18 Å². The molecular weight excluding hydrogens is 245 g/mol. The minimum atomic E-state index is -0.460. The van der Waals surface area contributed by atoms with Gasteiger partial charge in [0.1, 0.15) is 5.82 Å². The van der Waals surface area contributed by atoms with Gasteiger partial charge in [0, 0.05) is 12.1 Å². The second kappa shape index (κ2) is 6.25. The van der Waals surface area contributed by atoms with E-state index in [1.165, 1.54) is 18.2 Å². The molecule has 3 nitrogen and oxygen atoms in total. The van der Waals surface area contributed by atoms with Crippen LogP contribution in [-0.4, -0.2) is 19.1 Å². The first-order valence-corrected chi connectivity index (χ1v) is 5.46. The van der Waals surface area contributed by atoms with Gasteiger partial charge in [-0.15, -0.1) is 0 Å². The molecule has 0 aliphatic heterocycles. The summed E-state index contributed by atoms with van der Waals surface area (Å²) in [6, 6.07) is 3.97. The summed E-state index contributed by atoms with van der Waals surface area (Å²) in [5.41, 5.74) is 0.825. The summed E-state index contributed by atoms with van der Waals surface area (Å²) in [4.78, 5) is 11.2. The van der Waals surface area contributed by atoms with Crippen LogP contribution in [-0.2, 0) is 9.53 Å². The van der Waals surface area contributed by atoms with Gasteiger partial charge >= 0.3 is 5.97 Å². The number of esters is 1. The molecule has 5 heteroatoms. The zero-order valence-electron chi connectivity index (χ0n) is 9.43. The number of hydrogen-bond donors (Lipinski definition) is 1. The van der Waals surface area contributed by atoms with Crippen molar-refractivity contribution in [3.63, 3.8) is 0 Å². The van der Waals surface area contributed by atoms with Gasteiger partial charge < -0.3 is 10.1 Å². The van der Waals surface area contributed by atoms with Crippen molar-refractivity contribution in [2.24, 2.45) is 0 Å². The average Bonchev–Trinajstić information content (AvgIpc) is 2.27. The lowest BCUT2D eigenvalue weighted by molar-refractivity contribution is -0.138. The van der Waals surface area contributed by atoms with Gasteiger partial charge in [0.25, 0.3) is 0 Å². The number of halogens is 2. The molecule has 17 heavy (non-hydrogen) atoms. The molecule has 0 aliphatic carbocycles. The van der Waals surface area contributed by atoms with E-state index in [2.05, 4.69) is 11.9 Å². The third kappa shape index (κ3) is 4.07. The summed E-state index contributed by atoms with van der Waals surface area (Å²) in [5, 5.41) is 3.13. The van der Waals surface area contributed by atoms with E-state index < -0.39 is 11.8 Å². The predicted octanol–water partition coefficient (Wildman–Crippen LogP) is 3.01.